The second kappa shape index (κ2) is 14.3. The summed E-state index contributed by atoms with van der Waals surface area (Å²) in [5.41, 5.74) is 21.6. The van der Waals surface area contributed by atoms with Gasteiger partial charge in [0.05, 0.1) is 0 Å². The summed E-state index contributed by atoms with van der Waals surface area (Å²) in [4.78, 5) is 0. The van der Waals surface area contributed by atoms with E-state index in [-0.39, 0.29) is 10.8 Å². The van der Waals surface area contributed by atoms with Crippen molar-refractivity contribution in [2.24, 2.45) is 11.3 Å². The van der Waals surface area contributed by atoms with Crippen molar-refractivity contribution < 1.29 is 17.9 Å². The van der Waals surface area contributed by atoms with Crippen LogP contribution >= 0.6 is 0 Å². The Morgan fingerprint density at radius 3 is 1.73 bits per heavy atom. The molecule has 0 radical (unpaired) electrons. The van der Waals surface area contributed by atoms with Gasteiger partial charge in [0.1, 0.15) is 0 Å². The molecule has 0 nitrogen and oxygen atoms in total. The van der Waals surface area contributed by atoms with E-state index in [1.54, 1.807) is 0 Å². The summed E-state index contributed by atoms with van der Waals surface area (Å²) in [6.45, 7) is 26.9. The van der Waals surface area contributed by atoms with Crippen LogP contribution < -0.4 is 0 Å². The van der Waals surface area contributed by atoms with Gasteiger partial charge in [-0.1, -0.05) is 104 Å². The molecule has 1 atom stereocenters. The fourth-order valence-electron chi connectivity index (χ4n) is 8.16. The van der Waals surface area contributed by atoms with E-state index in [0.717, 1.165) is 6.42 Å². The Morgan fingerprint density at radius 1 is 0.731 bits per heavy atom. The third kappa shape index (κ3) is 7.68. The number of hydrogen-bond donors (Lipinski definition) is 0. The molecule has 1 unspecified atom stereocenters. The quantitative estimate of drug-likeness (QED) is 0.128. The fourth-order valence-corrected chi connectivity index (χ4v) is 9.15. The van der Waals surface area contributed by atoms with E-state index in [1.165, 1.54) is 112 Å². The van der Waals surface area contributed by atoms with Gasteiger partial charge in [0.15, 0.2) is 0 Å². The molecule has 0 aliphatic heterocycles. The molecule has 4 aromatic rings. The van der Waals surface area contributed by atoms with Gasteiger partial charge in [-0.3, -0.25) is 12.2 Å². The summed E-state index contributed by atoms with van der Waals surface area (Å²) < 4.78 is 1.46. The van der Waals surface area contributed by atoms with Crippen molar-refractivity contribution in [3.63, 3.8) is 0 Å². The Balaban J connectivity index is 0.000000148. The van der Waals surface area contributed by atoms with Crippen molar-refractivity contribution in [3.8, 4) is 11.1 Å². The zero-order valence-electron chi connectivity index (χ0n) is 33.9. The summed E-state index contributed by atoms with van der Waals surface area (Å²) in [5.74, 6) is 0.573. The van der Waals surface area contributed by atoms with Crippen LogP contribution in [0, 0.1) is 37.3 Å². The van der Waals surface area contributed by atoms with Crippen LogP contribution in [-0.2, 0) is 35.1 Å². The first-order valence-corrected chi connectivity index (χ1v) is 20.7. The number of benzene rings is 4. The molecule has 4 aliphatic rings. The van der Waals surface area contributed by atoms with Gasteiger partial charge in [-0.05, 0) is 58.4 Å². The summed E-state index contributed by atoms with van der Waals surface area (Å²) >= 11 is 1.19. The molecule has 0 amide bonds. The molecule has 0 spiro atoms. The SMILES string of the molecule is CC1=[C-]C(C)(C)c2cc3c(cc21)-c1cc2c(cc1C3)C(C)(C)C=C2C.CCC1[C-]=CC(C(C)(C)C)=C1.Cc1ccc([C](=[Zn])c2ccc(C)cc2)cc1. The maximum absolute atomic E-state index is 3.65. The molecule has 0 fully saturated rings. The Hall–Kier alpha value is -3.67. The third-order valence-electron chi connectivity index (χ3n) is 11.4. The van der Waals surface area contributed by atoms with Crippen LogP contribution in [-0.4, -0.2) is 4.11 Å². The predicted molar refractivity (Wildman–Crippen MR) is 221 cm³/mol. The first-order chi connectivity index (χ1) is 24.4. The minimum atomic E-state index is 0.0340. The molecule has 0 bridgehead atoms. The van der Waals surface area contributed by atoms with Crippen LogP contribution in [0.1, 0.15) is 131 Å². The summed E-state index contributed by atoms with van der Waals surface area (Å²) in [6, 6.07) is 27.4. The normalized spacial score (nSPS) is 18.1. The van der Waals surface area contributed by atoms with E-state index in [2.05, 4.69) is 186 Å². The number of hydrogen-bond acceptors (Lipinski definition) is 0. The first-order valence-electron chi connectivity index (χ1n) is 19.2. The van der Waals surface area contributed by atoms with Crippen LogP contribution in [0.5, 0.6) is 0 Å². The van der Waals surface area contributed by atoms with Gasteiger partial charge in [0.25, 0.3) is 0 Å². The molecular weight excluding hydrogens is 678 g/mol. The second-order valence-electron chi connectivity index (χ2n) is 17.6. The van der Waals surface area contributed by atoms with Crippen LogP contribution in [0.15, 0.2) is 96.6 Å². The summed E-state index contributed by atoms with van der Waals surface area (Å²) in [6.07, 6.45) is 16.1. The zero-order chi connectivity index (χ0) is 37.7. The van der Waals surface area contributed by atoms with E-state index in [9.17, 15) is 0 Å². The topological polar surface area (TPSA) is 0 Å². The Kier molecular flexibility index (Phi) is 10.5. The fraction of sp³-hybridized carbons (Fsp3) is 0.353. The van der Waals surface area contributed by atoms with Gasteiger partial charge in [-0.25, -0.2) is 11.6 Å². The average Bonchev–Trinajstić information content (AvgIpc) is 3.82. The predicted octanol–water partition coefficient (Wildman–Crippen LogP) is 13.2. The standard InChI is InChI=1S/C25H25.C15H14.C11H17.Zn/c1-14-12-24(3,4)22-8-16-7-17-9-23-19(15(2)13-25(23,5)6)11-21(17)20(16)10-18(14)22;1-12-3-7-14(8-4-12)11-15-9-5-13(2)6-10-15;1-5-9-6-7-10(8-9)11(2,3)4;/h8-12H,7H2,1-6H3;3-10H,1-2H3;7-9H,5H2,1-4H3;/q-1;;-1;. The zero-order valence-corrected chi connectivity index (χ0v) is 36.8. The van der Waals surface area contributed by atoms with Crippen LogP contribution in [0.2, 0.25) is 0 Å². The number of aryl methyl sites for hydroxylation is 2. The van der Waals surface area contributed by atoms with E-state index < -0.39 is 0 Å². The van der Waals surface area contributed by atoms with Crippen molar-refractivity contribution in [2.75, 3.05) is 0 Å². The Bertz CT molecular complexity index is 2020. The molecule has 0 aromatic heterocycles. The molecule has 0 saturated heterocycles. The van der Waals surface area contributed by atoms with Crippen molar-refractivity contribution in [1.29, 1.82) is 0 Å². The molecule has 264 valence electrons. The van der Waals surface area contributed by atoms with Gasteiger partial charge in [-0.2, -0.15) is 17.2 Å². The van der Waals surface area contributed by atoms with Crippen molar-refractivity contribution in [1.82, 2.24) is 0 Å². The molecule has 8 rings (SSSR count). The number of allylic oxidation sites excluding steroid dienone is 8. The number of rotatable bonds is 3. The first kappa shape index (κ1) is 38.1. The van der Waals surface area contributed by atoms with Crippen LogP contribution in [0.4, 0.5) is 0 Å². The summed E-state index contributed by atoms with van der Waals surface area (Å²) in [7, 11) is 0. The van der Waals surface area contributed by atoms with E-state index in [0.29, 0.717) is 11.3 Å². The molecule has 0 saturated carbocycles. The van der Waals surface area contributed by atoms with Crippen molar-refractivity contribution in [3.05, 3.63) is 164 Å². The third-order valence-corrected chi connectivity index (χ3v) is 13.1. The molecule has 4 aromatic carbocycles. The molecule has 0 N–H and O–H groups in total. The number of fused-ring (bicyclic) bond motifs is 5. The Morgan fingerprint density at radius 2 is 1.25 bits per heavy atom. The van der Waals surface area contributed by atoms with Gasteiger partial charge < -0.3 is 0 Å². The van der Waals surface area contributed by atoms with Crippen molar-refractivity contribution >= 4 is 15.3 Å². The monoisotopic (exact) mass is 732 g/mol. The molecule has 52 heavy (non-hydrogen) atoms. The van der Waals surface area contributed by atoms with E-state index >= 15 is 0 Å². The minimum absolute atomic E-state index is 0.0340. The van der Waals surface area contributed by atoms with Crippen molar-refractivity contribution in [2.45, 2.75) is 107 Å². The molecule has 4 aliphatic carbocycles. The average molecular weight is 734 g/mol. The second-order valence-corrected chi connectivity index (χ2v) is 19.1. The Labute approximate surface area is 325 Å². The summed E-state index contributed by atoms with van der Waals surface area (Å²) in [5, 5.41) is 0. The van der Waals surface area contributed by atoms with Gasteiger partial charge in [0, 0.05) is 5.41 Å². The van der Waals surface area contributed by atoms with E-state index in [4.69, 9.17) is 0 Å². The van der Waals surface area contributed by atoms with Gasteiger partial charge in [0.2, 0.25) is 0 Å². The maximum atomic E-state index is 3.65. The van der Waals surface area contributed by atoms with Crippen LogP contribution in [0.25, 0.3) is 22.3 Å². The van der Waals surface area contributed by atoms with Crippen LogP contribution in [0.3, 0.4) is 0 Å². The van der Waals surface area contributed by atoms with E-state index in [1.807, 2.05) is 0 Å². The molecule has 0 heterocycles. The molecule has 1 heteroatoms. The molecular formula is C51H56Zn-2. The van der Waals surface area contributed by atoms with Gasteiger partial charge >= 0.3 is 107 Å². The van der Waals surface area contributed by atoms with Gasteiger partial charge in [-0.15, -0.1) is 11.6 Å².